The van der Waals surface area contributed by atoms with Crippen molar-refractivity contribution in [3.8, 4) is 0 Å². The Labute approximate surface area is 51.2 Å². The van der Waals surface area contributed by atoms with Crippen LogP contribution in [0.3, 0.4) is 0 Å². The number of carbonyl (C=O) groups is 1. The first-order valence-electron chi connectivity index (χ1n) is 1.87. The van der Waals surface area contributed by atoms with E-state index in [9.17, 15) is 17.1 Å². The molecule has 5 nitrogen and oxygen atoms in total. The van der Waals surface area contributed by atoms with Crippen molar-refractivity contribution in [2.75, 3.05) is 5.88 Å². The topological polar surface area (TPSA) is 89.3 Å². The molecular weight excluding hydrogens is 151 g/mol. The van der Waals surface area contributed by atoms with E-state index in [0.717, 1.165) is 0 Å². The molecule has 0 fully saturated rings. The van der Waals surface area contributed by atoms with Gasteiger partial charge in [-0.15, -0.1) is 3.89 Å². The van der Waals surface area contributed by atoms with Crippen molar-refractivity contribution >= 4 is 16.3 Å². The summed E-state index contributed by atoms with van der Waals surface area (Å²) in [6.07, 6.45) is 0. The summed E-state index contributed by atoms with van der Waals surface area (Å²) < 4.78 is 30.6. The summed E-state index contributed by atoms with van der Waals surface area (Å²) in [5.74, 6) is -1.07. The Bertz CT molecular complexity index is 198. The average molecular weight is 156 g/mol. The fourth-order valence-corrected chi connectivity index (χ4v) is 0.472. The fourth-order valence-electron chi connectivity index (χ4n) is 0.157. The Morgan fingerprint density at radius 1 is 1.67 bits per heavy atom. The molecule has 0 saturated heterocycles. The first-order valence-corrected chi connectivity index (χ1v) is 3.43. The number of nitrogens with two attached hydrogens (primary N) is 1. The van der Waals surface area contributed by atoms with Crippen molar-refractivity contribution in [1.29, 1.82) is 0 Å². The van der Waals surface area contributed by atoms with Gasteiger partial charge in [-0.25, -0.2) is 4.79 Å². The molecule has 0 aromatic rings. The second-order valence-electron chi connectivity index (χ2n) is 1.22. The highest BCUT2D eigenvalue weighted by Crippen LogP contribution is 1.84. The molecular formula is C2H5FN2O3S. The zero-order valence-corrected chi connectivity index (χ0v) is 5.11. The van der Waals surface area contributed by atoms with Crippen LogP contribution in [0.15, 0.2) is 0 Å². The Balaban J connectivity index is 3.67. The maximum atomic E-state index is 11.5. The van der Waals surface area contributed by atoms with Crippen molar-refractivity contribution in [3.63, 3.8) is 0 Å². The largest absolute Gasteiger partial charge is 0.352 e. The van der Waals surface area contributed by atoms with E-state index in [1.807, 2.05) is 0 Å². The second-order valence-corrected chi connectivity index (χ2v) is 2.59. The van der Waals surface area contributed by atoms with Gasteiger partial charge in [-0.3, -0.25) is 0 Å². The van der Waals surface area contributed by atoms with E-state index in [4.69, 9.17) is 0 Å². The van der Waals surface area contributed by atoms with Crippen LogP contribution in [0.5, 0.6) is 0 Å². The van der Waals surface area contributed by atoms with Gasteiger partial charge in [0.1, 0.15) is 0 Å². The van der Waals surface area contributed by atoms with Gasteiger partial charge in [0.25, 0.3) is 0 Å². The minimum atomic E-state index is -4.63. The fraction of sp³-hybridized carbons (Fsp3) is 0.500. The van der Waals surface area contributed by atoms with Crippen LogP contribution < -0.4 is 11.1 Å². The molecule has 0 aromatic heterocycles. The van der Waals surface area contributed by atoms with Gasteiger partial charge in [0.05, 0.1) is 0 Å². The van der Waals surface area contributed by atoms with Crippen LogP contribution in [0.1, 0.15) is 0 Å². The average Bonchev–Trinajstić information content (AvgIpc) is 1.59. The van der Waals surface area contributed by atoms with E-state index in [-0.39, 0.29) is 0 Å². The Morgan fingerprint density at radius 2 is 2.11 bits per heavy atom. The van der Waals surface area contributed by atoms with Crippen molar-refractivity contribution in [2.45, 2.75) is 0 Å². The molecule has 0 spiro atoms. The minimum Gasteiger partial charge on any atom is -0.352 e. The summed E-state index contributed by atoms with van der Waals surface area (Å²) in [5.41, 5.74) is 4.42. The molecule has 0 unspecified atom stereocenters. The molecule has 0 aliphatic carbocycles. The summed E-state index contributed by atoms with van der Waals surface area (Å²) in [4.78, 5) is 9.73. The van der Waals surface area contributed by atoms with Crippen LogP contribution >= 0.6 is 0 Å². The first kappa shape index (κ1) is 8.15. The predicted molar refractivity (Wildman–Crippen MR) is 27.6 cm³/mol. The number of amides is 2. The summed E-state index contributed by atoms with van der Waals surface area (Å²) in [6, 6.07) is -1.07. The number of urea groups is 1. The predicted octanol–water partition coefficient (Wildman–Crippen LogP) is -1.09. The molecule has 0 heterocycles. The molecule has 0 rings (SSSR count). The number of primary amides is 1. The second kappa shape index (κ2) is 2.62. The normalized spacial score (nSPS) is 10.8. The maximum Gasteiger partial charge on any atom is 0.320 e. The lowest BCUT2D eigenvalue weighted by atomic mass is 11.0. The molecule has 0 aliphatic heterocycles. The first-order chi connectivity index (χ1) is 3.92. The zero-order valence-electron chi connectivity index (χ0n) is 4.30. The quantitative estimate of drug-likeness (QED) is 0.498. The lowest BCUT2D eigenvalue weighted by Crippen LogP contribution is -2.32. The van der Waals surface area contributed by atoms with Crippen molar-refractivity contribution in [1.82, 2.24) is 5.32 Å². The van der Waals surface area contributed by atoms with E-state index < -0.39 is 22.1 Å². The van der Waals surface area contributed by atoms with Gasteiger partial charge in [-0.1, -0.05) is 0 Å². The summed E-state index contributed by atoms with van der Waals surface area (Å²) >= 11 is 0. The molecule has 3 N–H and O–H groups in total. The number of hydrogen-bond donors (Lipinski definition) is 2. The SMILES string of the molecule is NC(=O)NCS(=O)(=O)F. The molecule has 0 saturated carbocycles. The van der Waals surface area contributed by atoms with E-state index in [1.165, 1.54) is 0 Å². The Morgan fingerprint density at radius 3 is 2.22 bits per heavy atom. The zero-order chi connectivity index (χ0) is 7.49. The molecule has 0 aliphatic rings. The van der Waals surface area contributed by atoms with Gasteiger partial charge in [0, 0.05) is 0 Å². The van der Waals surface area contributed by atoms with Gasteiger partial charge in [-0.2, -0.15) is 8.42 Å². The molecule has 0 aromatic carbocycles. The highest BCUT2D eigenvalue weighted by Gasteiger charge is 2.05. The van der Waals surface area contributed by atoms with E-state index in [0.29, 0.717) is 0 Å². The summed E-state index contributed by atoms with van der Waals surface area (Å²) in [5, 5.41) is 1.56. The number of halogens is 1. The minimum absolute atomic E-state index is 1.07. The lowest BCUT2D eigenvalue weighted by Gasteiger charge is -1.93. The molecule has 9 heavy (non-hydrogen) atoms. The van der Waals surface area contributed by atoms with Crippen LogP contribution in [0.2, 0.25) is 0 Å². The van der Waals surface area contributed by atoms with Gasteiger partial charge in [0.2, 0.25) is 0 Å². The maximum absolute atomic E-state index is 11.5. The molecule has 0 bridgehead atoms. The Kier molecular flexibility index (Phi) is 2.38. The third kappa shape index (κ3) is 7.15. The highest BCUT2D eigenvalue weighted by atomic mass is 32.3. The van der Waals surface area contributed by atoms with Crippen LogP contribution in [-0.2, 0) is 10.2 Å². The van der Waals surface area contributed by atoms with Crippen LogP contribution in [-0.4, -0.2) is 20.3 Å². The molecule has 54 valence electrons. The highest BCUT2D eigenvalue weighted by molar-refractivity contribution is 7.86. The van der Waals surface area contributed by atoms with Crippen LogP contribution in [0.25, 0.3) is 0 Å². The van der Waals surface area contributed by atoms with E-state index in [1.54, 1.807) is 5.32 Å². The number of nitrogens with one attached hydrogen (secondary N) is 1. The third-order valence-electron chi connectivity index (χ3n) is 0.419. The standard InChI is InChI=1S/C2H5FN2O3S/c3-9(7,8)1-5-2(4)6/h1H2,(H3,4,5,6). The third-order valence-corrected chi connectivity index (χ3v) is 0.908. The van der Waals surface area contributed by atoms with Gasteiger partial charge in [-0.05, 0) is 0 Å². The summed E-state index contributed by atoms with van der Waals surface area (Å²) in [7, 11) is -4.63. The van der Waals surface area contributed by atoms with Gasteiger partial charge < -0.3 is 11.1 Å². The smallest absolute Gasteiger partial charge is 0.320 e. The van der Waals surface area contributed by atoms with Crippen molar-refractivity contribution < 1.29 is 17.1 Å². The lowest BCUT2D eigenvalue weighted by molar-refractivity contribution is 0.250. The van der Waals surface area contributed by atoms with Crippen LogP contribution in [0, 0.1) is 0 Å². The van der Waals surface area contributed by atoms with Crippen molar-refractivity contribution in [2.24, 2.45) is 5.73 Å². The Hall–Kier alpha value is -0.850. The van der Waals surface area contributed by atoms with Crippen LogP contribution in [0.4, 0.5) is 8.68 Å². The van der Waals surface area contributed by atoms with Gasteiger partial charge >= 0.3 is 16.3 Å². The van der Waals surface area contributed by atoms with E-state index >= 15 is 0 Å². The number of rotatable bonds is 2. The summed E-state index contributed by atoms with van der Waals surface area (Å²) in [6.45, 7) is 0. The molecule has 7 heteroatoms. The van der Waals surface area contributed by atoms with Gasteiger partial charge in [0.15, 0.2) is 5.88 Å². The molecule has 2 amide bonds. The van der Waals surface area contributed by atoms with E-state index in [2.05, 4.69) is 5.73 Å². The van der Waals surface area contributed by atoms with Crippen molar-refractivity contribution in [3.05, 3.63) is 0 Å². The molecule has 0 radical (unpaired) electrons. The molecule has 0 atom stereocenters. The number of carbonyl (C=O) groups excluding carboxylic acids is 1. The number of hydrogen-bond acceptors (Lipinski definition) is 3. The monoisotopic (exact) mass is 156 g/mol.